The smallest absolute Gasteiger partial charge is 0.227 e. The molecule has 3 fully saturated rings. The van der Waals surface area contributed by atoms with Crippen LogP contribution in [-0.4, -0.2) is 52.2 Å². The number of benzene rings is 1. The van der Waals surface area contributed by atoms with Crippen molar-refractivity contribution in [3.05, 3.63) is 34.9 Å². The zero-order valence-electron chi connectivity index (χ0n) is 20.6. The molecule has 1 heterocycles. The number of nitrogens with zero attached hydrogens (tertiary/aromatic N) is 1. The summed E-state index contributed by atoms with van der Waals surface area (Å²) >= 11 is 6.05. The molecular formula is C27H39ClN2O4. The van der Waals surface area contributed by atoms with E-state index in [1.807, 2.05) is 37.8 Å². The molecule has 1 aromatic rings. The van der Waals surface area contributed by atoms with Gasteiger partial charge in [-0.3, -0.25) is 9.59 Å². The lowest BCUT2D eigenvalue weighted by molar-refractivity contribution is -0.158. The first-order valence-corrected chi connectivity index (χ1v) is 13.2. The number of carbonyl (C=O) groups excluding carboxylic acids is 2. The van der Waals surface area contributed by atoms with Gasteiger partial charge in [0.25, 0.3) is 0 Å². The van der Waals surface area contributed by atoms with Crippen molar-refractivity contribution in [2.45, 2.75) is 83.5 Å². The highest BCUT2D eigenvalue weighted by Gasteiger charge is 2.50. The van der Waals surface area contributed by atoms with Crippen molar-refractivity contribution in [1.82, 2.24) is 10.2 Å². The third kappa shape index (κ3) is 4.87. The number of piperidine rings is 1. The normalized spacial score (nSPS) is 35.7. The van der Waals surface area contributed by atoms with Crippen LogP contribution in [0.1, 0.15) is 71.3 Å². The Hall–Kier alpha value is -1.63. The fourth-order valence-corrected chi connectivity index (χ4v) is 6.47. The minimum absolute atomic E-state index is 0.0239. The molecule has 0 aromatic heterocycles. The van der Waals surface area contributed by atoms with Gasteiger partial charge in [-0.05, 0) is 55.7 Å². The van der Waals surface area contributed by atoms with Gasteiger partial charge in [0.15, 0.2) is 0 Å². The fourth-order valence-electron chi connectivity index (χ4n) is 6.35. The second-order valence-electron chi connectivity index (χ2n) is 11.5. The highest BCUT2D eigenvalue weighted by molar-refractivity contribution is 6.30. The van der Waals surface area contributed by atoms with Crippen molar-refractivity contribution in [3.8, 4) is 0 Å². The molecule has 0 radical (unpaired) electrons. The minimum Gasteiger partial charge on any atom is -0.393 e. The van der Waals surface area contributed by atoms with Crippen LogP contribution in [-0.2, 0) is 15.2 Å². The maximum Gasteiger partial charge on any atom is 0.227 e. The number of aliphatic hydroxyl groups excluding tert-OH is 1. The monoisotopic (exact) mass is 490 g/mol. The molecule has 34 heavy (non-hydrogen) atoms. The Labute approximate surface area is 208 Å². The van der Waals surface area contributed by atoms with E-state index in [1.54, 1.807) is 12.1 Å². The van der Waals surface area contributed by atoms with Crippen molar-refractivity contribution in [2.24, 2.45) is 23.2 Å². The molecule has 1 unspecified atom stereocenters. The molecule has 1 aromatic carbocycles. The number of nitrogens with one attached hydrogen (secondary N) is 1. The molecule has 4 rings (SSSR count). The molecule has 7 heteroatoms. The summed E-state index contributed by atoms with van der Waals surface area (Å²) < 4.78 is 0. The second kappa shape index (κ2) is 9.79. The second-order valence-corrected chi connectivity index (χ2v) is 11.9. The third-order valence-corrected chi connectivity index (χ3v) is 8.96. The molecule has 0 bridgehead atoms. The summed E-state index contributed by atoms with van der Waals surface area (Å²) in [6.07, 6.45) is 4.78. The Bertz CT molecular complexity index is 894. The predicted octanol–water partition coefficient (Wildman–Crippen LogP) is 3.87. The van der Waals surface area contributed by atoms with Crippen LogP contribution in [0.4, 0.5) is 0 Å². The van der Waals surface area contributed by atoms with E-state index in [4.69, 9.17) is 11.6 Å². The van der Waals surface area contributed by atoms with Crippen molar-refractivity contribution in [2.75, 3.05) is 13.1 Å². The Balaban J connectivity index is 1.44. The van der Waals surface area contributed by atoms with Crippen LogP contribution in [0.15, 0.2) is 24.3 Å². The average Bonchev–Trinajstić information content (AvgIpc) is 3.14. The summed E-state index contributed by atoms with van der Waals surface area (Å²) in [4.78, 5) is 28.5. The van der Waals surface area contributed by atoms with Crippen LogP contribution in [0, 0.1) is 23.2 Å². The van der Waals surface area contributed by atoms with E-state index < -0.39 is 17.1 Å². The lowest BCUT2D eigenvalue weighted by Gasteiger charge is -2.51. The average molecular weight is 491 g/mol. The van der Waals surface area contributed by atoms with Crippen LogP contribution in [0.3, 0.4) is 0 Å². The summed E-state index contributed by atoms with van der Waals surface area (Å²) in [5, 5.41) is 25.5. The lowest BCUT2D eigenvalue weighted by Crippen LogP contribution is -2.59. The number of likely N-dealkylation sites (tertiary alicyclic amines) is 1. The number of rotatable bonds is 4. The number of carbonyl (C=O) groups is 2. The highest BCUT2D eigenvalue weighted by atomic mass is 35.5. The van der Waals surface area contributed by atoms with E-state index in [0.717, 1.165) is 31.2 Å². The number of hydrogen-bond donors (Lipinski definition) is 3. The molecule has 2 amide bonds. The molecule has 3 N–H and O–H groups in total. The molecule has 6 atom stereocenters. The SMILES string of the molecule is C[C@@H]1CC(C(=O)N[C@@H]2CCCC[C@@H]2C(=O)N2CC[C@](O)(c3ccc(Cl)cc3)C(C)(C)C2)C[C@@H]1O. The summed E-state index contributed by atoms with van der Waals surface area (Å²) in [5.41, 5.74) is -0.767. The van der Waals surface area contributed by atoms with Gasteiger partial charge >= 0.3 is 0 Å². The van der Waals surface area contributed by atoms with E-state index >= 15 is 0 Å². The van der Waals surface area contributed by atoms with E-state index in [0.29, 0.717) is 37.4 Å². The summed E-state index contributed by atoms with van der Waals surface area (Å²) in [6.45, 7) is 6.93. The van der Waals surface area contributed by atoms with E-state index in [-0.39, 0.29) is 35.6 Å². The van der Waals surface area contributed by atoms with Gasteiger partial charge in [0.05, 0.1) is 17.6 Å². The zero-order chi connectivity index (χ0) is 24.7. The quantitative estimate of drug-likeness (QED) is 0.597. The van der Waals surface area contributed by atoms with E-state index in [2.05, 4.69) is 5.32 Å². The molecule has 188 valence electrons. The summed E-state index contributed by atoms with van der Waals surface area (Å²) in [5.74, 6) is -0.222. The molecular weight excluding hydrogens is 452 g/mol. The standard InChI is InChI=1S/C27H39ClN2O4/c1-17-14-18(15-23(17)31)24(32)29-22-7-5-4-6-21(22)25(33)30-13-12-27(34,26(2,3)16-30)19-8-10-20(28)11-9-19/h8-11,17-18,21-23,31,34H,4-7,12-16H2,1-3H3,(H,29,32)/t17-,18?,21+,22-,23+,27+/m1/s1. The number of amides is 2. The molecule has 3 aliphatic rings. The molecule has 2 saturated carbocycles. The van der Waals surface area contributed by atoms with Gasteiger partial charge in [-0.1, -0.05) is 57.3 Å². The minimum atomic E-state index is -1.05. The van der Waals surface area contributed by atoms with Crippen molar-refractivity contribution in [1.29, 1.82) is 0 Å². The molecule has 1 aliphatic heterocycles. The first-order chi connectivity index (χ1) is 16.0. The molecule has 2 aliphatic carbocycles. The van der Waals surface area contributed by atoms with Crippen LogP contribution in [0.5, 0.6) is 0 Å². The van der Waals surface area contributed by atoms with Gasteiger partial charge < -0.3 is 20.4 Å². The van der Waals surface area contributed by atoms with Crippen LogP contribution in [0.2, 0.25) is 5.02 Å². The van der Waals surface area contributed by atoms with Gasteiger partial charge in [0.2, 0.25) is 11.8 Å². The molecule has 1 saturated heterocycles. The molecule has 6 nitrogen and oxygen atoms in total. The largest absolute Gasteiger partial charge is 0.393 e. The van der Waals surface area contributed by atoms with Gasteiger partial charge in [-0.2, -0.15) is 0 Å². The van der Waals surface area contributed by atoms with Gasteiger partial charge in [-0.15, -0.1) is 0 Å². The first-order valence-electron chi connectivity index (χ1n) is 12.8. The Morgan fingerprint density at radius 2 is 1.79 bits per heavy atom. The third-order valence-electron chi connectivity index (χ3n) is 8.70. The first kappa shape index (κ1) is 25.5. The number of halogens is 1. The maximum atomic E-state index is 13.7. The van der Waals surface area contributed by atoms with Crippen LogP contribution >= 0.6 is 11.6 Å². The van der Waals surface area contributed by atoms with Gasteiger partial charge in [0.1, 0.15) is 0 Å². The number of hydrogen-bond acceptors (Lipinski definition) is 4. The van der Waals surface area contributed by atoms with E-state index in [9.17, 15) is 19.8 Å². The lowest BCUT2D eigenvalue weighted by atomic mass is 9.66. The Kier molecular flexibility index (Phi) is 7.33. The van der Waals surface area contributed by atoms with Gasteiger partial charge in [-0.25, -0.2) is 0 Å². The highest BCUT2D eigenvalue weighted by Crippen LogP contribution is 2.46. The zero-order valence-corrected chi connectivity index (χ0v) is 21.4. The van der Waals surface area contributed by atoms with Crippen molar-refractivity contribution in [3.63, 3.8) is 0 Å². The molecule has 0 spiro atoms. The topological polar surface area (TPSA) is 89.9 Å². The summed E-state index contributed by atoms with van der Waals surface area (Å²) in [7, 11) is 0. The van der Waals surface area contributed by atoms with Gasteiger partial charge in [0, 0.05) is 35.5 Å². The van der Waals surface area contributed by atoms with Crippen molar-refractivity contribution >= 4 is 23.4 Å². The van der Waals surface area contributed by atoms with Crippen molar-refractivity contribution < 1.29 is 19.8 Å². The van der Waals surface area contributed by atoms with Crippen LogP contribution in [0.25, 0.3) is 0 Å². The Morgan fingerprint density at radius 1 is 1.12 bits per heavy atom. The predicted molar refractivity (Wildman–Crippen MR) is 132 cm³/mol. The summed E-state index contributed by atoms with van der Waals surface area (Å²) in [6, 6.07) is 7.16. The fraction of sp³-hybridized carbons (Fsp3) is 0.704. The van der Waals surface area contributed by atoms with E-state index in [1.165, 1.54) is 0 Å². The Morgan fingerprint density at radius 3 is 2.41 bits per heavy atom. The van der Waals surface area contributed by atoms with Crippen LogP contribution < -0.4 is 5.32 Å². The maximum absolute atomic E-state index is 13.7. The number of aliphatic hydroxyl groups is 2.